The van der Waals surface area contributed by atoms with E-state index in [0.717, 1.165) is 28.2 Å². The van der Waals surface area contributed by atoms with Crippen molar-refractivity contribution in [2.45, 2.75) is 5.16 Å². The molecule has 0 aliphatic rings. The number of carboxylic acids is 1. The fourth-order valence-corrected chi connectivity index (χ4v) is 2.39. The third-order valence-electron chi connectivity index (χ3n) is 2.69. The molecule has 2 heterocycles. The first-order valence-electron chi connectivity index (χ1n) is 5.85. The Balaban J connectivity index is 1.97. The number of aliphatic carboxylic acids is 1. The van der Waals surface area contributed by atoms with E-state index in [2.05, 4.69) is 20.2 Å². The molecule has 0 atom stereocenters. The van der Waals surface area contributed by atoms with Crippen LogP contribution in [0.15, 0.2) is 41.7 Å². The lowest BCUT2D eigenvalue weighted by Crippen LogP contribution is -1.97. The molecule has 0 radical (unpaired) electrons. The highest BCUT2D eigenvalue weighted by molar-refractivity contribution is 7.99. The number of hydrogen-bond donors (Lipinski definition) is 2. The molecule has 6 nitrogen and oxygen atoms in total. The normalized spacial score (nSPS) is 10.8. The van der Waals surface area contributed by atoms with Crippen molar-refractivity contribution in [2.24, 2.45) is 0 Å². The van der Waals surface area contributed by atoms with Crippen LogP contribution < -0.4 is 0 Å². The fraction of sp³-hybridized carbons (Fsp3) is 0.0769. The molecule has 0 spiro atoms. The monoisotopic (exact) mass is 286 g/mol. The van der Waals surface area contributed by atoms with E-state index in [-0.39, 0.29) is 5.75 Å². The average Bonchev–Trinajstić information content (AvgIpc) is 2.93. The van der Waals surface area contributed by atoms with Gasteiger partial charge in [0.05, 0.1) is 11.3 Å². The highest BCUT2D eigenvalue weighted by atomic mass is 32.2. The summed E-state index contributed by atoms with van der Waals surface area (Å²) in [4.78, 5) is 19.1. The first-order chi connectivity index (χ1) is 9.74. The minimum atomic E-state index is -0.893. The Morgan fingerprint density at radius 3 is 3.05 bits per heavy atom. The molecule has 0 fully saturated rings. The van der Waals surface area contributed by atoms with Crippen molar-refractivity contribution in [1.29, 1.82) is 0 Å². The van der Waals surface area contributed by atoms with Gasteiger partial charge in [0.2, 0.25) is 5.16 Å². The van der Waals surface area contributed by atoms with Gasteiger partial charge in [0.15, 0.2) is 5.82 Å². The Bertz CT molecular complexity index is 766. The summed E-state index contributed by atoms with van der Waals surface area (Å²) in [6, 6.07) is 9.58. The number of pyridine rings is 1. The lowest BCUT2D eigenvalue weighted by atomic mass is 10.1. The van der Waals surface area contributed by atoms with Crippen molar-refractivity contribution in [3.63, 3.8) is 0 Å². The van der Waals surface area contributed by atoms with Crippen LogP contribution in [0.2, 0.25) is 0 Å². The molecule has 20 heavy (non-hydrogen) atoms. The molecular weight excluding hydrogens is 276 g/mol. The van der Waals surface area contributed by atoms with E-state index in [9.17, 15) is 4.79 Å². The van der Waals surface area contributed by atoms with E-state index < -0.39 is 5.97 Å². The SMILES string of the molecule is O=C(O)CSc1n[nH]c(-c2cccc3ncccc23)n1. The maximum Gasteiger partial charge on any atom is 0.313 e. The lowest BCUT2D eigenvalue weighted by molar-refractivity contribution is -0.133. The van der Waals surface area contributed by atoms with Crippen LogP contribution >= 0.6 is 11.8 Å². The molecule has 2 aromatic heterocycles. The van der Waals surface area contributed by atoms with E-state index in [0.29, 0.717) is 11.0 Å². The summed E-state index contributed by atoms with van der Waals surface area (Å²) in [6.07, 6.45) is 1.74. The highest BCUT2D eigenvalue weighted by Gasteiger charge is 2.10. The van der Waals surface area contributed by atoms with Gasteiger partial charge < -0.3 is 5.11 Å². The lowest BCUT2D eigenvalue weighted by Gasteiger charge is -2.01. The van der Waals surface area contributed by atoms with E-state index in [1.165, 1.54) is 0 Å². The summed E-state index contributed by atoms with van der Waals surface area (Å²) in [5.74, 6) is -0.346. The summed E-state index contributed by atoms with van der Waals surface area (Å²) in [7, 11) is 0. The summed E-state index contributed by atoms with van der Waals surface area (Å²) in [5.41, 5.74) is 1.77. The molecule has 0 saturated heterocycles. The Labute approximate surface area is 118 Å². The minimum absolute atomic E-state index is 0.0611. The number of carboxylic acid groups (broad SMARTS) is 1. The Kier molecular flexibility index (Phi) is 3.34. The Hall–Kier alpha value is -2.41. The van der Waals surface area contributed by atoms with E-state index in [1.807, 2.05) is 30.3 Å². The van der Waals surface area contributed by atoms with Gasteiger partial charge in [0.25, 0.3) is 0 Å². The summed E-state index contributed by atoms with van der Waals surface area (Å²) in [6.45, 7) is 0. The van der Waals surface area contributed by atoms with E-state index in [1.54, 1.807) is 6.20 Å². The molecule has 3 rings (SSSR count). The van der Waals surface area contributed by atoms with E-state index >= 15 is 0 Å². The molecule has 7 heteroatoms. The van der Waals surface area contributed by atoms with Gasteiger partial charge in [0, 0.05) is 17.1 Å². The number of aromatic amines is 1. The summed E-state index contributed by atoms with van der Waals surface area (Å²) >= 11 is 1.08. The van der Waals surface area contributed by atoms with Gasteiger partial charge in [0.1, 0.15) is 0 Å². The van der Waals surface area contributed by atoms with Crippen LogP contribution in [0, 0.1) is 0 Å². The minimum Gasteiger partial charge on any atom is -0.481 e. The van der Waals surface area contributed by atoms with E-state index in [4.69, 9.17) is 5.11 Å². The van der Waals surface area contributed by atoms with Gasteiger partial charge in [-0.1, -0.05) is 30.0 Å². The molecule has 0 unspecified atom stereocenters. The predicted molar refractivity (Wildman–Crippen MR) is 75.5 cm³/mol. The van der Waals surface area contributed by atoms with Gasteiger partial charge in [-0.05, 0) is 12.1 Å². The third-order valence-corrected chi connectivity index (χ3v) is 3.52. The number of nitrogens with zero attached hydrogens (tertiary/aromatic N) is 3. The second-order valence-electron chi connectivity index (χ2n) is 4.02. The van der Waals surface area contributed by atoms with Crippen LogP contribution in [0.1, 0.15) is 0 Å². The topological polar surface area (TPSA) is 91.8 Å². The first-order valence-corrected chi connectivity index (χ1v) is 6.84. The average molecular weight is 286 g/mol. The summed E-state index contributed by atoms with van der Waals surface area (Å²) < 4.78 is 0. The van der Waals surface area contributed by atoms with Gasteiger partial charge >= 0.3 is 5.97 Å². The maximum atomic E-state index is 10.5. The van der Waals surface area contributed by atoms with Crippen LogP contribution in [-0.4, -0.2) is 37.0 Å². The summed E-state index contributed by atoms with van der Waals surface area (Å²) in [5, 5.41) is 16.9. The number of rotatable bonds is 4. The van der Waals surface area contributed by atoms with Crippen LogP contribution in [0.5, 0.6) is 0 Å². The Morgan fingerprint density at radius 1 is 1.30 bits per heavy atom. The molecule has 0 saturated carbocycles. The smallest absolute Gasteiger partial charge is 0.313 e. The van der Waals surface area contributed by atoms with Crippen molar-refractivity contribution in [3.8, 4) is 11.4 Å². The van der Waals surface area contributed by atoms with Crippen molar-refractivity contribution in [2.75, 3.05) is 5.75 Å². The Morgan fingerprint density at radius 2 is 2.20 bits per heavy atom. The molecular formula is C13H10N4O2S. The van der Waals surface area contributed by atoms with Gasteiger partial charge in [-0.2, -0.15) is 0 Å². The molecule has 100 valence electrons. The molecule has 3 aromatic rings. The molecule has 1 aromatic carbocycles. The molecule has 0 aliphatic heterocycles. The molecule has 2 N–H and O–H groups in total. The number of nitrogens with one attached hydrogen (secondary N) is 1. The second-order valence-corrected chi connectivity index (χ2v) is 4.97. The highest BCUT2D eigenvalue weighted by Crippen LogP contribution is 2.26. The van der Waals surface area contributed by atoms with Crippen LogP contribution in [0.4, 0.5) is 0 Å². The van der Waals surface area contributed by atoms with Crippen LogP contribution in [0.3, 0.4) is 0 Å². The zero-order valence-electron chi connectivity index (χ0n) is 10.3. The third kappa shape index (κ3) is 2.48. The second kappa shape index (κ2) is 5.30. The van der Waals surface area contributed by atoms with Crippen molar-refractivity contribution in [1.82, 2.24) is 20.2 Å². The number of fused-ring (bicyclic) bond motifs is 1. The fourth-order valence-electron chi connectivity index (χ4n) is 1.87. The number of aromatic nitrogens is 4. The molecule has 0 amide bonds. The quantitative estimate of drug-likeness (QED) is 0.714. The van der Waals surface area contributed by atoms with Gasteiger partial charge in [-0.15, -0.1) is 5.10 Å². The zero-order chi connectivity index (χ0) is 13.9. The number of H-pyrrole nitrogens is 1. The first kappa shape index (κ1) is 12.6. The van der Waals surface area contributed by atoms with Gasteiger partial charge in [-0.25, -0.2) is 4.98 Å². The number of carbonyl (C=O) groups is 1. The largest absolute Gasteiger partial charge is 0.481 e. The standard InChI is InChI=1S/C13H10N4O2S/c18-11(19)7-20-13-15-12(16-17-13)9-3-1-5-10-8(9)4-2-6-14-10/h1-6H,7H2,(H,18,19)(H,15,16,17). The van der Waals surface area contributed by atoms with Crippen LogP contribution in [0.25, 0.3) is 22.3 Å². The van der Waals surface area contributed by atoms with Crippen molar-refractivity contribution < 1.29 is 9.90 Å². The predicted octanol–water partition coefficient (Wildman–Crippen LogP) is 2.20. The number of hydrogen-bond acceptors (Lipinski definition) is 5. The molecule has 0 bridgehead atoms. The maximum absolute atomic E-state index is 10.5. The number of benzene rings is 1. The van der Waals surface area contributed by atoms with Crippen molar-refractivity contribution in [3.05, 3.63) is 36.5 Å². The zero-order valence-corrected chi connectivity index (χ0v) is 11.1. The van der Waals surface area contributed by atoms with Crippen LogP contribution in [-0.2, 0) is 4.79 Å². The number of thioether (sulfide) groups is 1. The van der Waals surface area contributed by atoms with Gasteiger partial charge in [-0.3, -0.25) is 14.9 Å². The molecule has 0 aliphatic carbocycles. The van der Waals surface area contributed by atoms with Crippen molar-refractivity contribution >= 4 is 28.6 Å².